The zero-order chi connectivity index (χ0) is 16.7. The molecule has 0 saturated carbocycles. The molecule has 6 nitrogen and oxygen atoms in total. The number of aromatic nitrogens is 2. The summed E-state index contributed by atoms with van der Waals surface area (Å²) in [5.74, 6) is 1.55. The molecule has 1 aliphatic carbocycles. The van der Waals surface area contributed by atoms with Gasteiger partial charge in [0.15, 0.2) is 17.6 Å². The van der Waals surface area contributed by atoms with Crippen molar-refractivity contribution in [1.29, 1.82) is 0 Å². The maximum absolute atomic E-state index is 12.7. The second-order valence-electron chi connectivity index (χ2n) is 6.49. The fourth-order valence-electron chi connectivity index (χ4n) is 3.72. The summed E-state index contributed by atoms with van der Waals surface area (Å²) in [7, 11) is 1.67. The molecule has 1 saturated heterocycles. The van der Waals surface area contributed by atoms with E-state index in [4.69, 9.17) is 9.15 Å². The van der Waals surface area contributed by atoms with E-state index in [1.807, 2.05) is 6.08 Å². The van der Waals surface area contributed by atoms with Crippen LogP contribution in [0.4, 0.5) is 5.82 Å². The molecule has 0 radical (unpaired) electrons. The minimum absolute atomic E-state index is 0.0319. The van der Waals surface area contributed by atoms with Gasteiger partial charge in [-0.15, -0.1) is 0 Å². The molecular formula is C18H21N3O3. The predicted molar refractivity (Wildman–Crippen MR) is 92.0 cm³/mol. The van der Waals surface area contributed by atoms with Crippen LogP contribution in [0.2, 0.25) is 0 Å². The van der Waals surface area contributed by atoms with Crippen LogP contribution in [-0.2, 0) is 11.2 Å². The van der Waals surface area contributed by atoms with Crippen LogP contribution in [0.15, 0.2) is 27.9 Å². The molecule has 2 atom stereocenters. The maximum Gasteiger partial charge on any atom is 0.191 e. The van der Waals surface area contributed by atoms with Gasteiger partial charge in [0.1, 0.15) is 5.82 Å². The quantitative estimate of drug-likeness (QED) is 0.937. The third-order valence-corrected chi connectivity index (χ3v) is 5.04. The van der Waals surface area contributed by atoms with E-state index in [0.717, 1.165) is 36.5 Å². The molecule has 0 bridgehead atoms. The Bertz CT molecular complexity index is 823. The third-order valence-electron chi connectivity index (χ3n) is 5.04. The molecule has 1 fully saturated rings. The average molecular weight is 327 g/mol. The Kier molecular flexibility index (Phi) is 3.76. The van der Waals surface area contributed by atoms with Gasteiger partial charge in [0, 0.05) is 49.0 Å². The topological polar surface area (TPSA) is 71.4 Å². The van der Waals surface area contributed by atoms with Crippen LogP contribution in [0.3, 0.4) is 0 Å². The van der Waals surface area contributed by atoms with Gasteiger partial charge in [-0.2, -0.15) is 0 Å². The van der Waals surface area contributed by atoms with Gasteiger partial charge in [0.25, 0.3) is 0 Å². The lowest BCUT2D eigenvalue weighted by Gasteiger charge is -2.27. The monoisotopic (exact) mass is 327 g/mol. The van der Waals surface area contributed by atoms with E-state index in [1.165, 1.54) is 6.39 Å². The Morgan fingerprint density at radius 3 is 3.00 bits per heavy atom. The minimum atomic E-state index is -0.160. The molecule has 126 valence electrons. The molecule has 2 aromatic heterocycles. The number of hydrogen-bond donors (Lipinski definition) is 1. The summed E-state index contributed by atoms with van der Waals surface area (Å²) in [5.41, 5.74) is 2.50. The zero-order valence-electron chi connectivity index (χ0n) is 13.9. The molecule has 1 aliphatic heterocycles. The first-order valence-electron chi connectivity index (χ1n) is 8.33. The number of pyridine rings is 1. The molecule has 1 N–H and O–H groups in total. The number of fused-ring (bicyclic) bond motifs is 1. The van der Waals surface area contributed by atoms with Crippen molar-refractivity contribution in [2.75, 3.05) is 18.6 Å². The van der Waals surface area contributed by atoms with E-state index in [2.05, 4.69) is 21.8 Å². The fraction of sp³-hybridized carbons (Fsp3) is 0.444. The Morgan fingerprint density at radius 2 is 2.33 bits per heavy atom. The number of rotatable bonds is 3. The van der Waals surface area contributed by atoms with Crippen LogP contribution < -0.4 is 10.3 Å². The molecule has 3 heterocycles. The van der Waals surface area contributed by atoms with Gasteiger partial charge in [0.05, 0.1) is 12.3 Å². The number of aromatic amines is 1. The van der Waals surface area contributed by atoms with Crippen molar-refractivity contribution in [1.82, 2.24) is 9.97 Å². The second-order valence-corrected chi connectivity index (χ2v) is 6.49. The van der Waals surface area contributed by atoms with Crippen molar-refractivity contribution >= 4 is 17.5 Å². The summed E-state index contributed by atoms with van der Waals surface area (Å²) in [5, 5.41) is 0. The summed E-state index contributed by atoms with van der Waals surface area (Å²) in [6, 6.07) is 2.17. The van der Waals surface area contributed by atoms with Gasteiger partial charge in [-0.3, -0.25) is 4.79 Å². The molecule has 2 aliphatic rings. The largest absolute Gasteiger partial charge is 0.444 e. The number of nitrogens with one attached hydrogen (secondary N) is 1. The van der Waals surface area contributed by atoms with Gasteiger partial charge in [-0.25, -0.2) is 4.98 Å². The van der Waals surface area contributed by atoms with E-state index >= 15 is 0 Å². The molecule has 6 heteroatoms. The first-order chi connectivity index (χ1) is 11.7. The summed E-state index contributed by atoms with van der Waals surface area (Å²) in [6.45, 7) is 3.19. The van der Waals surface area contributed by atoms with Crippen LogP contribution in [-0.4, -0.2) is 35.8 Å². The standard InChI is InChI=1S/C18H21N3O3/c1-11-4-3-5-21(11)18-8-15(22)12-6-13(17-9-19-10-24-17)16(23-2)7-14(12)20-18/h6,8-11,16H,3-5,7H2,1-2H3,(H,20,22). The molecule has 0 spiro atoms. The molecule has 24 heavy (non-hydrogen) atoms. The third kappa shape index (κ3) is 2.47. The van der Waals surface area contributed by atoms with Crippen LogP contribution in [0.5, 0.6) is 0 Å². The fourth-order valence-corrected chi connectivity index (χ4v) is 3.72. The van der Waals surface area contributed by atoms with E-state index in [-0.39, 0.29) is 11.5 Å². The van der Waals surface area contributed by atoms with Gasteiger partial charge in [-0.1, -0.05) is 0 Å². The smallest absolute Gasteiger partial charge is 0.191 e. The summed E-state index contributed by atoms with van der Waals surface area (Å²) >= 11 is 0. The first-order valence-corrected chi connectivity index (χ1v) is 8.33. The lowest BCUT2D eigenvalue weighted by atomic mass is 9.92. The molecule has 2 aromatic rings. The summed E-state index contributed by atoms with van der Waals surface area (Å²) < 4.78 is 11.0. The SMILES string of the molecule is COC1Cc2[nH]c(N3CCCC3C)cc(=O)c2C=C1c1cnco1. The summed E-state index contributed by atoms with van der Waals surface area (Å²) in [4.78, 5) is 22.4. The molecule has 0 amide bonds. The van der Waals surface area contributed by atoms with Gasteiger partial charge < -0.3 is 19.0 Å². The summed E-state index contributed by atoms with van der Waals surface area (Å²) in [6.07, 6.45) is 7.68. The Balaban J connectivity index is 1.79. The van der Waals surface area contributed by atoms with Crippen LogP contribution in [0, 0.1) is 0 Å². The average Bonchev–Trinajstić information content (AvgIpc) is 3.25. The Labute approximate surface area is 140 Å². The van der Waals surface area contributed by atoms with Crippen molar-refractivity contribution in [3.63, 3.8) is 0 Å². The van der Waals surface area contributed by atoms with Gasteiger partial charge >= 0.3 is 0 Å². The van der Waals surface area contributed by atoms with Gasteiger partial charge in [0.2, 0.25) is 0 Å². The van der Waals surface area contributed by atoms with Crippen LogP contribution in [0.1, 0.15) is 36.8 Å². The number of H-pyrrole nitrogens is 1. The minimum Gasteiger partial charge on any atom is -0.444 e. The van der Waals surface area contributed by atoms with Crippen LogP contribution in [0.25, 0.3) is 11.6 Å². The lowest BCUT2D eigenvalue weighted by molar-refractivity contribution is 0.146. The van der Waals surface area contributed by atoms with Crippen molar-refractivity contribution < 1.29 is 9.15 Å². The first kappa shape index (κ1) is 15.2. The number of oxazole rings is 1. The van der Waals surface area contributed by atoms with E-state index in [9.17, 15) is 4.79 Å². The molecule has 0 aromatic carbocycles. The van der Waals surface area contributed by atoms with Gasteiger partial charge in [-0.05, 0) is 25.8 Å². The highest BCUT2D eigenvalue weighted by molar-refractivity contribution is 5.84. The molecule has 2 unspecified atom stereocenters. The Hall–Kier alpha value is -2.34. The van der Waals surface area contributed by atoms with E-state index in [1.54, 1.807) is 19.4 Å². The number of ether oxygens (including phenoxy) is 1. The van der Waals surface area contributed by atoms with E-state index in [0.29, 0.717) is 23.8 Å². The van der Waals surface area contributed by atoms with Crippen molar-refractivity contribution in [2.45, 2.75) is 38.3 Å². The second kappa shape index (κ2) is 5.94. The normalized spacial score (nSPS) is 23.2. The van der Waals surface area contributed by atoms with Crippen molar-refractivity contribution in [3.8, 4) is 0 Å². The molecular weight excluding hydrogens is 306 g/mol. The highest BCUT2D eigenvalue weighted by Crippen LogP contribution is 2.32. The zero-order valence-corrected chi connectivity index (χ0v) is 13.9. The predicted octanol–water partition coefficient (Wildman–Crippen LogP) is 2.46. The molecule has 4 rings (SSSR count). The Morgan fingerprint density at radius 1 is 1.46 bits per heavy atom. The van der Waals surface area contributed by atoms with Crippen molar-refractivity contribution in [3.05, 3.63) is 45.9 Å². The number of methoxy groups -OCH3 is 1. The highest BCUT2D eigenvalue weighted by Gasteiger charge is 2.28. The van der Waals surface area contributed by atoms with E-state index < -0.39 is 0 Å². The number of anilines is 1. The van der Waals surface area contributed by atoms with Crippen molar-refractivity contribution in [2.24, 2.45) is 0 Å². The number of hydrogen-bond acceptors (Lipinski definition) is 5. The maximum atomic E-state index is 12.7. The highest BCUT2D eigenvalue weighted by atomic mass is 16.5. The number of nitrogens with zero attached hydrogens (tertiary/aromatic N) is 2. The lowest BCUT2D eigenvalue weighted by Crippen LogP contribution is -2.31. The van der Waals surface area contributed by atoms with Crippen LogP contribution >= 0.6 is 0 Å².